The molecule has 0 spiro atoms. The lowest BCUT2D eigenvalue weighted by Gasteiger charge is -2.29. The van der Waals surface area contributed by atoms with Crippen LogP contribution < -0.4 is 15.0 Å². The highest BCUT2D eigenvalue weighted by molar-refractivity contribution is 9.10. The Bertz CT molecular complexity index is 774. The molecule has 5 nitrogen and oxygen atoms in total. The second-order valence-electron chi connectivity index (χ2n) is 5.53. The number of nitrogens with one attached hydrogen (secondary N) is 1. The lowest BCUT2D eigenvalue weighted by Crippen LogP contribution is -2.40. The molecular formula is C18H17BrN2O3. The van der Waals surface area contributed by atoms with Gasteiger partial charge in [0.05, 0.1) is 7.11 Å². The largest absolute Gasteiger partial charge is 0.497 e. The summed E-state index contributed by atoms with van der Waals surface area (Å²) in [6.45, 7) is -0.000501. The molecule has 2 aromatic rings. The molecule has 1 heterocycles. The van der Waals surface area contributed by atoms with Gasteiger partial charge in [-0.05, 0) is 54.4 Å². The van der Waals surface area contributed by atoms with Gasteiger partial charge in [-0.1, -0.05) is 15.9 Å². The summed E-state index contributed by atoms with van der Waals surface area (Å²) in [5, 5.41) is 2.81. The van der Waals surface area contributed by atoms with Gasteiger partial charge >= 0.3 is 0 Å². The average Bonchev–Trinajstić information content (AvgIpc) is 2.58. The summed E-state index contributed by atoms with van der Waals surface area (Å²) in [5.41, 5.74) is 2.54. The van der Waals surface area contributed by atoms with Crippen LogP contribution in [0.25, 0.3) is 0 Å². The van der Waals surface area contributed by atoms with Crippen LogP contribution in [-0.2, 0) is 16.0 Å². The summed E-state index contributed by atoms with van der Waals surface area (Å²) in [5.74, 6) is 0.456. The quantitative estimate of drug-likeness (QED) is 0.873. The number of fused-ring (bicyclic) bond motifs is 1. The average molecular weight is 389 g/mol. The van der Waals surface area contributed by atoms with E-state index in [2.05, 4.69) is 21.2 Å². The molecule has 0 bridgehead atoms. The fourth-order valence-corrected chi connectivity index (χ4v) is 3.13. The molecule has 0 atom stereocenters. The Labute approximate surface area is 148 Å². The predicted octanol–water partition coefficient (Wildman–Crippen LogP) is 3.38. The van der Waals surface area contributed by atoms with Gasteiger partial charge in [-0.3, -0.25) is 9.59 Å². The molecule has 1 aliphatic heterocycles. The standard InChI is InChI=1S/C18H17BrN2O3/c1-24-15-6-4-14(5-7-15)20-17(22)11-21-16-8-3-13(19)10-12(16)2-9-18(21)23/h3-8,10H,2,9,11H2,1H3,(H,20,22). The molecule has 1 N–H and O–H groups in total. The number of ether oxygens (including phenoxy) is 1. The predicted molar refractivity (Wildman–Crippen MR) is 96.4 cm³/mol. The minimum atomic E-state index is -0.232. The molecule has 6 heteroatoms. The van der Waals surface area contributed by atoms with Crippen LogP contribution in [0, 0.1) is 0 Å². The third-order valence-electron chi connectivity index (χ3n) is 3.92. The number of carbonyl (C=O) groups is 2. The van der Waals surface area contributed by atoms with Crippen molar-refractivity contribution in [3.05, 3.63) is 52.5 Å². The van der Waals surface area contributed by atoms with Crippen LogP contribution in [0.15, 0.2) is 46.9 Å². The van der Waals surface area contributed by atoms with E-state index in [1.807, 2.05) is 18.2 Å². The Kier molecular flexibility index (Phi) is 4.85. The molecule has 1 aliphatic rings. The number of hydrogen-bond donors (Lipinski definition) is 1. The second kappa shape index (κ2) is 7.05. The summed E-state index contributed by atoms with van der Waals surface area (Å²) < 4.78 is 6.06. The number of benzene rings is 2. The van der Waals surface area contributed by atoms with E-state index in [-0.39, 0.29) is 18.4 Å². The maximum absolute atomic E-state index is 12.3. The summed E-state index contributed by atoms with van der Waals surface area (Å²) >= 11 is 3.44. The van der Waals surface area contributed by atoms with Gasteiger partial charge in [-0.2, -0.15) is 0 Å². The zero-order chi connectivity index (χ0) is 17.1. The van der Waals surface area contributed by atoms with Crippen molar-refractivity contribution in [1.29, 1.82) is 0 Å². The Morgan fingerprint density at radius 1 is 1.21 bits per heavy atom. The van der Waals surface area contributed by atoms with Gasteiger partial charge in [-0.15, -0.1) is 0 Å². The second-order valence-corrected chi connectivity index (χ2v) is 6.45. The molecular weight excluding hydrogens is 372 g/mol. The summed E-state index contributed by atoms with van der Waals surface area (Å²) in [4.78, 5) is 26.1. The monoisotopic (exact) mass is 388 g/mol. The zero-order valence-corrected chi connectivity index (χ0v) is 14.8. The fraction of sp³-hybridized carbons (Fsp3) is 0.222. The van der Waals surface area contributed by atoms with E-state index in [1.165, 1.54) is 0 Å². The molecule has 0 aliphatic carbocycles. The first-order valence-corrected chi connectivity index (χ1v) is 8.39. The van der Waals surface area contributed by atoms with Gasteiger partial charge in [0.15, 0.2) is 0 Å². The number of aryl methyl sites for hydroxylation is 1. The molecule has 0 fully saturated rings. The van der Waals surface area contributed by atoms with Crippen molar-refractivity contribution in [3.8, 4) is 5.75 Å². The number of amides is 2. The molecule has 0 unspecified atom stereocenters. The van der Waals surface area contributed by atoms with E-state index >= 15 is 0 Å². The summed E-state index contributed by atoms with van der Waals surface area (Å²) in [6, 6.07) is 12.8. The number of rotatable bonds is 4. The van der Waals surface area contributed by atoms with E-state index in [0.29, 0.717) is 18.5 Å². The van der Waals surface area contributed by atoms with Crippen molar-refractivity contribution in [1.82, 2.24) is 0 Å². The molecule has 2 amide bonds. The van der Waals surface area contributed by atoms with E-state index in [9.17, 15) is 9.59 Å². The molecule has 0 saturated carbocycles. The molecule has 2 aromatic carbocycles. The lowest BCUT2D eigenvalue weighted by atomic mass is 10.0. The van der Waals surface area contributed by atoms with Crippen molar-refractivity contribution in [3.63, 3.8) is 0 Å². The number of methoxy groups -OCH3 is 1. The number of carbonyl (C=O) groups excluding carboxylic acids is 2. The van der Waals surface area contributed by atoms with E-state index in [0.717, 1.165) is 21.5 Å². The highest BCUT2D eigenvalue weighted by atomic mass is 79.9. The number of nitrogens with zero attached hydrogens (tertiary/aromatic N) is 1. The minimum absolute atomic E-state index is 0.000501. The van der Waals surface area contributed by atoms with Gasteiger partial charge < -0.3 is 15.0 Å². The first kappa shape index (κ1) is 16.5. The molecule has 124 valence electrons. The van der Waals surface area contributed by atoms with E-state index < -0.39 is 0 Å². The van der Waals surface area contributed by atoms with Crippen molar-refractivity contribution in [2.75, 3.05) is 23.9 Å². The smallest absolute Gasteiger partial charge is 0.244 e. The van der Waals surface area contributed by atoms with Gasteiger partial charge in [0, 0.05) is 22.3 Å². The van der Waals surface area contributed by atoms with Crippen molar-refractivity contribution in [2.24, 2.45) is 0 Å². The van der Waals surface area contributed by atoms with Crippen molar-refractivity contribution >= 4 is 39.1 Å². The Morgan fingerprint density at radius 3 is 2.67 bits per heavy atom. The maximum Gasteiger partial charge on any atom is 0.244 e. The molecule has 24 heavy (non-hydrogen) atoms. The lowest BCUT2D eigenvalue weighted by molar-refractivity contribution is -0.121. The van der Waals surface area contributed by atoms with Gasteiger partial charge in [0.1, 0.15) is 12.3 Å². The number of hydrogen-bond acceptors (Lipinski definition) is 3. The van der Waals surface area contributed by atoms with Crippen LogP contribution in [0.4, 0.5) is 11.4 Å². The SMILES string of the molecule is COc1ccc(NC(=O)CN2C(=O)CCc3cc(Br)ccc32)cc1. The van der Waals surface area contributed by atoms with Gasteiger partial charge in [0.2, 0.25) is 11.8 Å². The topological polar surface area (TPSA) is 58.6 Å². The first-order chi connectivity index (χ1) is 11.6. The van der Waals surface area contributed by atoms with E-state index in [4.69, 9.17) is 4.74 Å². The van der Waals surface area contributed by atoms with Gasteiger partial charge in [-0.25, -0.2) is 0 Å². The molecule has 0 saturated heterocycles. The highest BCUT2D eigenvalue weighted by Crippen LogP contribution is 2.30. The highest BCUT2D eigenvalue weighted by Gasteiger charge is 2.26. The Hall–Kier alpha value is -2.34. The normalized spacial score (nSPS) is 13.4. The summed E-state index contributed by atoms with van der Waals surface area (Å²) in [6.07, 6.45) is 1.11. The van der Waals surface area contributed by atoms with Crippen LogP contribution in [0.1, 0.15) is 12.0 Å². The fourth-order valence-electron chi connectivity index (χ4n) is 2.72. The Morgan fingerprint density at radius 2 is 1.96 bits per heavy atom. The van der Waals surface area contributed by atoms with Crippen molar-refractivity contribution < 1.29 is 14.3 Å². The minimum Gasteiger partial charge on any atom is -0.497 e. The third kappa shape index (κ3) is 3.59. The van der Waals surface area contributed by atoms with Crippen LogP contribution >= 0.6 is 15.9 Å². The zero-order valence-electron chi connectivity index (χ0n) is 13.2. The summed E-state index contributed by atoms with van der Waals surface area (Å²) in [7, 11) is 1.59. The first-order valence-electron chi connectivity index (χ1n) is 7.59. The van der Waals surface area contributed by atoms with Crippen LogP contribution in [0.3, 0.4) is 0 Å². The van der Waals surface area contributed by atoms with Gasteiger partial charge in [0.25, 0.3) is 0 Å². The molecule has 0 radical (unpaired) electrons. The van der Waals surface area contributed by atoms with Crippen LogP contribution in [0.2, 0.25) is 0 Å². The number of anilines is 2. The Balaban J connectivity index is 1.72. The van der Waals surface area contributed by atoms with Crippen LogP contribution in [0.5, 0.6) is 5.75 Å². The molecule has 0 aromatic heterocycles. The van der Waals surface area contributed by atoms with Crippen molar-refractivity contribution in [2.45, 2.75) is 12.8 Å². The maximum atomic E-state index is 12.3. The van der Waals surface area contributed by atoms with Crippen LogP contribution in [-0.4, -0.2) is 25.5 Å². The number of halogens is 1. The third-order valence-corrected chi connectivity index (χ3v) is 4.41. The molecule has 3 rings (SSSR count). The van der Waals surface area contributed by atoms with E-state index in [1.54, 1.807) is 36.3 Å².